The highest BCUT2D eigenvalue weighted by Crippen LogP contribution is 2.36. The van der Waals surface area contributed by atoms with E-state index in [4.69, 9.17) is 10.2 Å². The van der Waals surface area contributed by atoms with Crippen LogP contribution < -0.4 is 0 Å². The van der Waals surface area contributed by atoms with Crippen molar-refractivity contribution in [2.45, 2.75) is 27.0 Å². The number of carboxylic acids is 1. The number of hydrogen-bond acceptors (Lipinski definition) is 2. The van der Waals surface area contributed by atoms with Gasteiger partial charge in [-0.15, -0.1) is 0 Å². The molecule has 0 amide bonds. The van der Waals surface area contributed by atoms with Crippen LogP contribution in [0.3, 0.4) is 0 Å². The summed E-state index contributed by atoms with van der Waals surface area (Å²) in [4.78, 5) is 12.2. The van der Waals surface area contributed by atoms with Gasteiger partial charge < -0.3 is 10.2 Å². The second kappa shape index (κ2) is 11.4. The number of alkyl halides is 6. The van der Waals surface area contributed by atoms with Crippen LogP contribution in [0.2, 0.25) is 0 Å². The van der Waals surface area contributed by atoms with Crippen LogP contribution in [-0.4, -0.2) is 16.2 Å². The molecular formula is C27H19F6O3S+. The molecule has 0 atom stereocenters. The Hall–Kier alpha value is -3.92. The quantitative estimate of drug-likeness (QED) is 0.206. The van der Waals surface area contributed by atoms with Crippen molar-refractivity contribution >= 4 is 16.9 Å². The van der Waals surface area contributed by atoms with Crippen LogP contribution in [0.5, 0.6) is 5.75 Å². The molecule has 0 aliphatic carbocycles. The van der Waals surface area contributed by atoms with E-state index in [0.717, 1.165) is 29.2 Å². The van der Waals surface area contributed by atoms with Gasteiger partial charge in [0.1, 0.15) is 11.3 Å². The van der Waals surface area contributed by atoms with Gasteiger partial charge in [-0.1, -0.05) is 30.3 Å². The fourth-order valence-electron chi connectivity index (χ4n) is 3.18. The molecule has 0 saturated heterocycles. The minimum absolute atomic E-state index is 0.0671. The monoisotopic (exact) mass is 537 g/mol. The van der Waals surface area contributed by atoms with Crippen molar-refractivity contribution in [1.82, 2.24) is 0 Å². The summed E-state index contributed by atoms with van der Waals surface area (Å²) < 4.78 is 76.9. The van der Waals surface area contributed by atoms with Crippen LogP contribution in [0.15, 0.2) is 118 Å². The first kappa shape index (κ1) is 27.7. The number of halogens is 6. The van der Waals surface area contributed by atoms with Crippen LogP contribution in [0, 0.1) is 0 Å². The van der Waals surface area contributed by atoms with Gasteiger partial charge in [0.15, 0.2) is 14.7 Å². The maximum absolute atomic E-state index is 12.8. The molecule has 0 aromatic heterocycles. The summed E-state index contributed by atoms with van der Waals surface area (Å²) in [6.07, 6.45) is -8.89. The maximum Gasteiger partial charge on any atom is 0.416 e. The minimum Gasteiger partial charge on any atom is -0.507 e. The van der Waals surface area contributed by atoms with Gasteiger partial charge in [-0.3, -0.25) is 0 Å². The standard InChI is InChI=1S/C20H13F6S.C7H6O3/c21-19(22,23)14-6-10-17(11-7-14)27(16-4-2-1-3-5-16)18-12-8-15(9-13-18)20(24,25)26;8-6-4-2-1-3-5(6)7(9)10/h1-13H;1-4,8H,(H,9,10)/q+1;. The van der Waals surface area contributed by atoms with E-state index in [1.165, 1.54) is 36.4 Å². The Morgan fingerprint density at radius 1 is 0.568 bits per heavy atom. The van der Waals surface area contributed by atoms with Crippen LogP contribution in [0.1, 0.15) is 21.5 Å². The molecule has 37 heavy (non-hydrogen) atoms. The van der Waals surface area contributed by atoms with Gasteiger partial charge in [0, 0.05) is 0 Å². The summed E-state index contributed by atoms with van der Waals surface area (Å²) >= 11 is 0. The first-order chi connectivity index (χ1) is 17.4. The fraction of sp³-hybridized carbons (Fsp3) is 0.0741. The molecular weight excluding hydrogens is 518 g/mol. The zero-order chi connectivity index (χ0) is 27.2. The lowest BCUT2D eigenvalue weighted by atomic mass is 10.2. The third-order valence-corrected chi connectivity index (χ3v) is 7.18. The normalized spacial score (nSPS) is 11.5. The molecule has 0 saturated carbocycles. The molecule has 0 bridgehead atoms. The summed E-state index contributed by atoms with van der Waals surface area (Å²) in [7, 11) is -0.819. The molecule has 192 valence electrons. The Morgan fingerprint density at radius 2 is 0.946 bits per heavy atom. The highest BCUT2D eigenvalue weighted by molar-refractivity contribution is 7.97. The number of rotatable bonds is 4. The van der Waals surface area contributed by atoms with Crippen molar-refractivity contribution in [2.24, 2.45) is 0 Å². The molecule has 4 rings (SSSR count). The molecule has 3 nitrogen and oxygen atoms in total. The highest BCUT2D eigenvalue weighted by Gasteiger charge is 2.35. The van der Waals surface area contributed by atoms with Crippen molar-refractivity contribution < 1.29 is 41.4 Å². The third kappa shape index (κ3) is 7.29. The minimum atomic E-state index is -4.45. The van der Waals surface area contributed by atoms with E-state index < -0.39 is 40.3 Å². The van der Waals surface area contributed by atoms with Crippen LogP contribution in [0.25, 0.3) is 0 Å². The van der Waals surface area contributed by atoms with E-state index in [2.05, 4.69) is 0 Å². The molecule has 0 spiro atoms. The van der Waals surface area contributed by atoms with E-state index in [0.29, 0.717) is 9.79 Å². The summed E-state index contributed by atoms with van der Waals surface area (Å²) in [5.74, 6) is -1.31. The van der Waals surface area contributed by atoms with Gasteiger partial charge in [-0.25, -0.2) is 4.79 Å². The predicted octanol–water partition coefficient (Wildman–Crippen LogP) is 7.91. The molecule has 0 aliphatic rings. The Kier molecular flexibility index (Phi) is 8.54. The molecule has 0 radical (unpaired) electrons. The van der Waals surface area contributed by atoms with Crippen LogP contribution in [0.4, 0.5) is 26.3 Å². The molecule has 0 aliphatic heterocycles. The Labute approximate surface area is 211 Å². The second-order valence-electron chi connectivity index (χ2n) is 7.49. The Morgan fingerprint density at radius 3 is 1.30 bits per heavy atom. The summed E-state index contributed by atoms with van der Waals surface area (Å²) in [6, 6.07) is 24.2. The second-order valence-corrected chi connectivity index (χ2v) is 9.51. The SMILES string of the molecule is FC(F)(F)c1ccc([S+](c2ccccc2)c2ccc(C(F)(F)F)cc2)cc1.O=C(O)c1ccccc1O. The molecule has 4 aromatic rings. The molecule has 4 aromatic carbocycles. The number of aromatic hydroxyl groups is 1. The lowest BCUT2D eigenvalue weighted by Crippen LogP contribution is -2.09. The van der Waals surface area contributed by atoms with Gasteiger partial charge in [0.25, 0.3) is 0 Å². The average molecular weight is 538 g/mol. The van der Waals surface area contributed by atoms with Crippen molar-refractivity contribution in [3.8, 4) is 5.75 Å². The number of para-hydroxylation sites is 1. The molecule has 10 heteroatoms. The van der Waals surface area contributed by atoms with Crippen LogP contribution in [-0.2, 0) is 23.2 Å². The van der Waals surface area contributed by atoms with Crippen molar-refractivity contribution in [3.63, 3.8) is 0 Å². The van der Waals surface area contributed by atoms with Crippen molar-refractivity contribution in [1.29, 1.82) is 0 Å². The maximum atomic E-state index is 12.8. The van der Waals surface area contributed by atoms with E-state index >= 15 is 0 Å². The largest absolute Gasteiger partial charge is 0.507 e. The van der Waals surface area contributed by atoms with Gasteiger partial charge in [-0.05, 0) is 72.8 Å². The topological polar surface area (TPSA) is 57.5 Å². The smallest absolute Gasteiger partial charge is 0.416 e. The molecule has 2 N–H and O–H groups in total. The number of phenols is 1. The number of hydrogen-bond donors (Lipinski definition) is 2. The fourth-order valence-corrected chi connectivity index (χ4v) is 5.24. The summed E-state index contributed by atoms with van der Waals surface area (Å²) in [6.45, 7) is 0. The number of carbonyl (C=O) groups is 1. The number of benzene rings is 4. The lowest BCUT2D eigenvalue weighted by Gasteiger charge is -2.11. The Balaban J connectivity index is 0.000000319. The first-order valence-corrected chi connectivity index (χ1v) is 11.8. The predicted molar refractivity (Wildman–Crippen MR) is 127 cm³/mol. The van der Waals surface area contributed by atoms with E-state index in [1.807, 2.05) is 0 Å². The highest BCUT2D eigenvalue weighted by atomic mass is 32.2. The zero-order valence-electron chi connectivity index (χ0n) is 18.8. The lowest BCUT2D eigenvalue weighted by molar-refractivity contribution is -0.138. The van der Waals surface area contributed by atoms with E-state index in [9.17, 15) is 31.1 Å². The molecule has 0 heterocycles. The Bertz CT molecular complexity index is 1260. The van der Waals surface area contributed by atoms with Gasteiger partial charge in [0.2, 0.25) is 0 Å². The van der Waals surface area contributed by atoms with E-state index in [1.54, 1.807) is 42.5 Å². The van der Waals surface area contributed by atoms with Gasteiger partial charge in [0.05, 0.1) is 22.0 Å². The van der Waals surface area contributed by atoms with Gasteiger partial charge >= 0.3 is 18.3 Å². The average Bonchev–Trinajstić information content (AvgIpc) is 2.85. The van der Waals surface area contributed by atoms with Crippen molar-refractivity contribution in [2.75, 3.05) is 0 Å². The summed E-state index contributed by atoms with van der Waals surface area (Å²) in [5, 5.41) is 17.3. The molecule has 0 unspecified atom stereocenters. The summed E-state index contributed by atoms with van der Waals surface area (Å²) in [5.41, 5.74) is -1.60. The zero-order valence-corrected chi connectivity index (χ0v) is 19.6. The third-order valence-electron chi connectivity index (χ3n) is 4.95. The molecule has 0 fully saturated rings. The first-order valence-electron chi connectivity index (χ1n) is 10.5. The van der Waals surface area contributed by atoms with Gasteiger partial charge in [-0.2, -0.15) is 26.3 Å². The van der Waals surface area contributed by atoms with Crippen molar-refractivity contribution in [3.05, 3.63) is 120 Å². The number of carboxylic acid groups (broad SMARTS) is 1. The van der Waals surface area contributed by atoms with Crippen LogP contribution >= 0.6 is 0 Å². The number of aromatic carboxylic acids is 1. The van der Waals surface area contributed by atoms with E-state index in [-0.39, 0.29) is 11.3 Å².